The molecule has 0 aliphatic carbocycles. The van der Waals surface area contributed by atoms with Crippen molar-refractivity contribution in [1.82, 2.24) is 0 Å². The standard InChI is InChI=1S/C37H25N7O11S2.3Na/c38-20-6-9-23-19(13-20)15-32(57(53,54)55)33(35(23)46)43-40-21-7-5-18-14-31(56(50,51)52)34(36(47)26(18)16-21)44-42-29-11-10-28(24-3-1-2-4-25(24)29)41-39-22-8-12-30(45)27(17-22)37(48)49;;;/h1-17,45-47H,38H2,(H,48,49)(H,50,51,52)(H,53,54,55);;;/q;3*+1/p-3. The van der Waals surface area contributed by atoms with Crippen molar-refractivity contribution in [2.75, 3.05) is 5.73 Å². The molecule has 0 saturated carbocycles. The van der Waals surface area contributed by atoms with Gasteiger partial charge in [-0.2, -0.15) is 10.2 Å². The Morgan fingerprint density at radius 3 is 1.62 bits per heavy atom. The zero-order chi connectivity index (χ0) is 40.8. The Balaban J connectivity index is 0.00000265. The maximum atomic E-state index is 12.4. The number of aromatic carboxylic acids is 1. The van der Waals surface area contributed by atoms with Gasteiger partial charge in [0.05, 0.1) is 38.5 Å². The average Bonchev–Trinajstić information content (AvgIpc) is 3.16. The fourth-order valence-corrected chi connectivity index (χ4v) is 7.14. The van der Waals surface area contributed by atoms with Gasteiger partial charge in [0.15, 0.2) is 11.5 Å². The van der Waals surface area contributed by atoms with Crippen LogP contribution < -0.4 is 99.5 Å². The number of nitrogen functional groups attached to an aromatic ring is 1. The van der Waals surface area contributed by atoms with Gasteiger partial charge in [-0.25, -0.2) is 16.8 Å². The number of benzene rings is 7. The van der Waals surface area contributed by atoms with Crippen molar-refractivity contribution in [2.24, 2.45) is 30.7 Å². The number of nitrogens with two attached hydrogens (primary N) is 1. The van der Waals surface area contributed by atoms with E-state index in [1.54, 1.807) is 24.3 Å². The predicted octanol–water partition coefficient (Wildman–Crippen LogP) is -1.72. The van der Waals surface area contributed by atoms with Crippen LogP contribution in [0.5, 0.6) is 17.2 Å². The van der Waals surface area contributed by atoms with Gasteiger partial charge in [-0.05, 0) is 83.6 Å². The number of hydrogen-bond acceptors (Lipinski definition) is 18. The van der Waals surface area contributed by atoms with Gasteiger partial charge >= 0.3 is 88.7 Å². The van der Waals surface area contributed by atoms with Crippen LogP contribution in [0.3, 0.4) is 0 Å². The molecule has 7 aromatic rings. The van der Waals surface area contributed by atoms with E-state index in [9.17, 15) is 51.2 Å². The van der Waals surface area contributed by atoms with E-state index in [0.29, 0.717) is 16.5 Å². The first-order valence-corrected chi connectivity index (χ1v) is 18.9. The number of carboxylic acids is 1. The molecule has 286 valence electrons. The van der Waals surface area contributed by atoms with Gasteiger partial charge in [-0.1, -0.05) is 30.3 Å². The van der Waals surface area contributed by atoms with Gasteiger partial charge < -0.3 is 40.1 Å². The van der Waals surface area contributed by atoms with Crippen molar-refractivity contribution in [3.05, 3.63) is 109 Å². The maximum Gasteiger partial charge on any atom is 1.00 e. The topological polar surface area (TPSA) is 315 Å². The van der Waals surface area contributed by atoms with Crippen molar-refractivity contribution >= 4 is 98.3 Å². The molecule has 0 unspecified atom stereocenters. The smallest absolute Gasteiger partial charge is 0.744 e. The van der Waals surface area contributed by atoms with E-state index in [0.717, 1.165) is 24.3 Å². The molecule has 0 radical (unpaired) electrons. The molecule has 0 saturated heterocycles. The van der Waals surface area contributed by atoms with Gasteiger partial charge in [0, 0.05) is 32.8 Å². The summed E-state index contributed by atoms with van der Waals surface area (Å²) in [5.41, 5.74) is 4.61. The molecule has 18 nitrogen and oxygen atoms in total. The van der Waals surface area contributed by atoms with Gasteiger partial charge in [-0.15, -0.1) is 20.5 Å². The summed E-state index contributed by atoms with van der Waals surface area (Å²) in [5.74, 6) is -3.59. The third-order valence-corrected chi connectivity index (χ3v) is 10.2. The normalized spacial score (nSPS) is 11.9. The molecule has 0 heterocycles. The number of hydrogen-bond donors (Lipinski definition) is 4. The number of phenols is 3. The summed E-state index contributed by atoms with van der Waals surface area (Å²) >= 11 is 0. The SMILES string of the molecule is Nc1ccc2c(O)c(N=Nc3ccc4cc(S(=O)(=O)[O-])c(N=Nc5ccc(N=Nc6ccc(O)c(C(=O)[O-])c6)c6ccccc56)c(O)c4c3)c(S(=O)(=O)[O-])cc2c1.[Na+].[Na+].[Na+]. The van der Waals surface area contributed by atoms with Gasteiger partial charge in [0.2, 0.25) is 0 Å². The van der Waals surface area contributed by atoms with Crippen LogP contribution in [-0.2, 0) is 20.2 Å². The molecule has 0 amide bonds. The molecular weight excluding hydrogens is 852 g/mol. The van der Waals surface area contributed by atoms with Crippen molar-refractivity contribution in [3.8, 4) is 17.2 Å². The number of nitrogens with zero attached hydrogens (tertiary/aromatic N) is 6. The van der Waals surface area contributed by atoms with E-state index in [4.69, 9.17) is 5.73 Å². The summed E-state index contributed by atoms with van der Waals surface area (Å²) in [6, 6.07) is 23.0. The fraction of sp³-hybridized carbons (Fsp3) is 0. The van der Waals surface area contributed by atoms with Crippen molar-refractivity contribution < 1.29 is 140 Å². The zero-order valence-electron chi connectivity index (χ0n) is 31.5. The van der Waals surface area contributed by atoms with Gasteiger partial charge in [-0.3, -0.25) is 0 Å². The molecule has 0 aromatic heterocycles. The number of anilines is 1. The van der Waals surface area contributed by atoms with Crippen LogP contribution >= 0.6 is 0 Å². The summed E-state index contributed by atoms with van der Waals surface area (Å²) in [4.78, 5) is 9.50. The van der Waals surface area contributed by atoms with Crippen molar-refractivity contribution in [2.45, 2.75) is 9.79 Å². The molecular formula is C37H22N7Na3O11S2. The monoisotopic (exact) mass is 873 g/mol. The van der Waals surface area contributed by atoms with Crippen molar-refractivity contribution in [3.63, 3.8) is 0 Å². The molecule has 0 fully saturated rings. The van der Waals surface area contributed by atoms with Crippen LogP contribution in [0.1, 0.15) is 10.4 Å². The largest absolute Gasteiger partial charge is 1.00 e. The second-order valence-corrected chi connectivity index (χ2v) is 14.9. The minimum absolute atomic E-state index is 0. The minimum Gasteiger partial charge on any atom is -0.744 e. The Hall–Kier alpha value is -4.39. The summed E-state index contributed by atoms with van der Waals surface area (Å²) in [6.45, 7) is 0. The molecule has 23 heteroatoms. The van der Waals surface area contributed by atoms with Crippen LogP contribution in [0.15, 0.2) is 144 Å². The third kappa shape index (κ3) is 10.0. The second-order valence-electron chi connectivity index (χ2n) is 12.2. The molecule has 60 heavy (non-hydrogen) atoms. The Labute approximate surface area is 406 Å². The first-order chi connectivity index (χ1) is 27.0. The van der Waals surface area contributed by atoms with Crippen LogP contribution in [0.4, 0.5) is 39.8 Å². The number of aromatic hydroxyl groups is 3. The summed E-state index contributed by atoms with van der Waals surface area (Å²) in [5, 5.41) is 68.5. The number of rotatable bonds is 9. The predicted molar refractivity (Wildman–Crippen MR) is 200 cm³/mol. The number of carbonyl (C=O) groups excluding carboxylic acids is 1. The van der Waals surface area contributed by atoms with Crippen LogP contribution in [-0.4, -0.2) is 47.2 Å². The molecule has 7 aromatic carbocycles. The molecule has 7 rings (SSSR count). The summed E-state index contributed by atoms with van der Waals surface area (Å²) < 4.78 is 73.5. The third-order valence-electron chi connectivity index (χ3n) is 8.52. The van der Waals surface area contributed by atoms with Crippen LogP contribution in [0, 0.1) is 0 Å². The molecule has 0 atom stereocenters. The molecule has 0 bridgehead atoms. The van der Waals surface area contributed by atoms with Crippen LogP contribution in [0.25, 0.3) is 32.3 Å². The van der Waals surface area contributed by atoms with E-state index in [1.165, 1.54) is 54.6 Å². The van der Waals surface area contributed by atoms with Crippen LogP contribution in [0.2, 0.25) is 0 Å². The number of phenolic OH excluding ortho intramolecular Hbond substituents is 2. The summed E-state index contributed by atoms with van der Waals surface area (Å²) in [6.07, 6.45) is 0. The molecule has 0 aliphatic heterocycles. The van der Waals surface area contributed by atoms with E-state index < -0.39 is 70.2 Å². The Kier molecular flexibility index (Phi) is 15.4. The van der Waals surface area contributed by atoms with E-state index in [-0.39, 0.29) is 133 Å². The summed E-state index contributed by atoms with van der Waals surface area (Å²) in [7, 11) is -10.4. The Morgan fingerprint density at radius 1 is 0.533 bits per heavy atom. The van der Waals surface area contributed by atoms with Gasteiger partial charge in [0.25, 0.3) is 0 Å². The number of carbonyl (C=O) groups is 1. The molecule has 0 aliphatic rings. The maximum absolute atomic E-state index is 12.4. The average molecular weight is 874 g/mol. The van der Waals surface area contributed by atoms with E-state index >= 15 is 0 Å². The first-order valence-electron chi connectivity index (χ1n) is 16.1. The minimum atomic E-state index is -5.26. The number of carboxylic acid groups (broad SMARTS) is 1. The zero-order valence-corrected chi connectivity index (χ0v) is 39.1. The first kappa shape index (κ1) is 48.3. The Morgan fingerprint density at radius 2 is 1.03 bits per heavy atom. The van der Waals surface area contributed by atoms with Gasteiger partial charge in [0.1, 0.15) is 37.4 Å². The van der Waals surface area contributed by atoms with E-state index in [2.05, 4.69) is 30.7 Å². The number of fused-ring (bicyclic) bond motifs is 3. The Bertz CT molecular complexity index is 3190. The number of azo groups is 3. The van der Waals surface area contributed by atoms with Crippen molar-refractivity contribution in [1.29, 1.82) is 0 Å². The van der Waals surface area contributed by atoms with E-state index in [1.807, 2.05) is 0 Å². The molecule has 5 N–H and O–H groups in total. The quantitative estimate of drug-likeness (QED) is 0.0545. The fourth-order valence-electron chi connectivity index (χ4n) is 5.85. The second kappa shape index (κ2) is 19.1. The molecule has 0 spiro atoms.